The molecule has 0 radical (unpaired) electrons. The van der Waals surface area contributed by atoms with E-state index in [-0.39, 0.29) is 5.41 Å². The number of unbranched alkanes of at least 4 members (excludes halogenated alkanes) is 2. The summed E-state index contributed by atoms with van der Waals surface area (Å²) in [5, 5.41) is 9.07. The minimum atomic E-state index is -0.624. The summed E-state index contributed by atoms with van der Waals surface area (Å²) < 4.78 is 0. The van der Waals surface area contributed by atoms with Crippen LogP contribution in [0.1, 0.15) is 78.6 Å². The fourth-order valence-electron chi connectivity index (χ4n) is 2.59. The van der Waals surface area contributed by atoms with E-state index in [0.29, 0.717) is 6.42 Å². The zero-order valence-electron chi connectivity index (χ0n) is 11.2. The number of hydrogen-bond donors (Lipinski definition) is 1. The van der Waals surface area contributed by atoms with Crippen molar-refractivity contribution in [3.63, 3.8) is 0 Å². The summed E-state index contributed by atoms with van der Waals surface area (Å²) in [6.07, 6.45) is 9.36. The molecule has 0 rings (SSSR count). The van der Waals surface area contributed by atoms with Gasteiger partial charge in [-0.2, -0.15) is 0 Å². The standard InChI is InChI=1S/C14H28O2/c1-4-7-10-14(9-6-3,11-8-5-2)12-13(15)16/h4-12H2,1-3H3,(H,15,16). The molecule has 0 unspecified atom stereocenters. The number of carboxylic acids is 1. The van der Waals surface area contributed by atoms with Crippen molar-refractivity contribution in [1.82, 2.24) is 0 Å². The van der Waals surface area contributed by atoms with Crippen molar-refractivity contribution in [2.75, 3.05) is 0 Å². The monoisotopic (exact) mass is 228 g/mol. The van der Waals surface area contributed by atoms with Gasteiger partial charge in [-0.3, -0.25) is 4.79 Å². The average molecular weight is 228 g/mol. The predicted octanol–water partition coefficient (Wildman–Crippen LogP) is 4.63. The predicted molar refractivity (Wildman–Crippen MR) is 68.6 cm³/mol. The second-order valence-electron chi connectivity index (χ2n) is 5.03. The van der Waals surface area contributed by atoms with Gasteiger partial charge in [0, 0.05) is 0 Å². The Morgan fingerprint density at radius 1 is 0.938 bits per heavy atom. The molecule has 0 aliphatic carbocycles. The Hall–Kier alpha value is -0.530. The van der Waals surface area contributed by atoms with Crippen molar-refractivity contribution in [3.8, 4) is 0 Å². The second-order valence-corrected chi connectivity index (χ2v) is 5.03. The lowest BCUT2D eigenvalue weighted by Crippen LogP contribution is -2.24. The first kappa shape index (κ1) is 15.5. The molecule has 16 heavy (non-hydrogen) atoms. The number of carbonyl (C=O) groups is 1. The quantitative estimate of drug-likeness (QED) is 0.592. The van der Waals surface area contributed by atoms with E-state index >= 15 is 0 Å². The zero-order valence-corrected chi connectivity index (χ0v) is 11.2. The molecule has 0 aromatic carbocycles. The SMILES string of the molecule is CCCCC(CCC)(CCCC)CC(=O)O. The minimum absolute atomic E-state index is 0.0760. The van der Waals surface area contributed by atoms with Gasteiger partial charge < -0.3 is 5.11 Å². The van der Waals surface area contributed by atoms with Gasteiger partial charge in [-0.25, -0.2) is 0 Å². The van der Waals surface area contributed by atoms with Crippen LogP contribution in [-0.4, -0.2) is 11.1 Å². The van der Waals surface area contributed by atoms with Gasteiger partial charge in [-0.05, 0) is 24.7 Å². The molecule has 0 fully saturated rings. The first-order valence-corrected chi connectivity index (χ1v) is 6.82. The van der Waals surface area contributed by atoms with Crippen LogP contribution in [0.3, 0.4) is 0 Å². The van der Waals surface area contributed by atoms with Gasteiger partial charge in [0.2, 0.25) is 0 Å². The van der Waals surface area contributed by atoms with Crippen LogP contribution >= 0.6 is 0 Å². The Morgan fingerprint density at radius 3 is 1.75 bits per heavy atom. The zero-order chi connectivity index (χ0) is 12.4. The molecule has 0 aliphatic heterocycles. The fraction of sp³-hybridized carbons (Fsp3) is 0.929. The number of aliphatic carboxylic acids is 1. The maximum atomic E-state index is 11.0. The summed E-state index contributed by atoms with van der Waals surface area (Å²) in [4.78, 5) is 11.0. The van der Waals surface area contributed by atoms with E-state index in [1.54, 1.807) is 0 Å². The highest BCUT2D eigenvalue weighted by atomic mass is 16.4. The van der Waals surface area contributed by atoms with E-state index < -0.39 is 5.97 Å². The highest BCUT2D eigenvalue weighted by Gasteiger charge is 2.30. The first-order valence-electron chi connectivity index (χ1n) is 6.82. The Labute approximate surface area is 100 Å². The van der Waals surface area contributed by atoms with Gasteiger partial charge in [-0.15, -0.1) is 0 Å². The molecule has 2 heteroatoms. The lowest BCUT2D eigenvalue weighted by Gasteiger charge is -2.32. The van der Waals surface area contributed by atoms with E-state index in [4.69, 9.17) is 5.11 Å². The molecule has 0 spiro atoms. The van der Waals surface area contributed by atoms with Gasteiger partial charge >= 0.3 is 5.97 Å². The van der Waals surface area contributed by atoms with Gasteiger partial charge in [0.25, 0.3) is 0 Å². The van der Waals surface area contributed by atoms with Crippen LogP contribution in [0.4, 0.5) is 0 Å². The molecule has 1 N–H and O–H groups in total. The van der Waals surface area contributed by atoms with Gasteiger partial charge in [0.1, 0.15) is 0 Å². The lowest BCUT2D eigenvalue weighted by atomic mass is 9.72. The van der Waals surface area contributed by atoms with Crippen molar-refractivity contribution in [1.29, 1.82) is 0 Å². The molecule has 0 heterocycles. The summed E-state index contributed by atoms with van der Waals surface area (Å²) in [6, 6.07) is 0. The van der Waals surface area contributed by atoms with Gasteiger partial charge in [0.05, 0.1) is 6.42 Å². The molecule has 0 saturated carbocycles. The third kappa shape index (κ3) is 6.14. The summed E-state index contributed by atoms with van der Waals surface area (Å²) in [7, 11) is 0. The smallest absolute Gasteiger partial charge is 0.303 e. The van der Waals surface area contributed by atoms with E-state index in [1.807, 2.05) is 0 Å². The third-order valence-corrected chi connectivity index (χ3v) is 3.43. The van der Waals surface area contributed by atoms with Crippen LogP contribution in [-0.2, 0) is 4.79 Å². The maximum Gasteiger partial charge on any atom is 0.303 e. The van der Waals surface area contributed by atoms with E-state index in [0.717, 1.165) is 51.4 Å². The molecule has 0 atom stereocenters. The maximum absolute atomic E-state index is 11.0. The Bertz CT molecular complexity index is 179. The minimum Gasteiger partial charge on any atom is -0.481 e. The van der Waals surface area contributed by atoms with Gasteiger partial charge in [0.15, 0.2) is 0 Å². The summed E-state index contributed by atoms with van der Waals surface area (Å²) >= 11 is 0. The number of carboxylic acid groups (broad SMARTS) is 1. The van der Waals surface area contributed by atoms with Crippen molar-refractivity contribution >= 4 is 5.97 Å². The van der Waals surface area contributed by atoms with E-state index in [9.17, 15) is 4.79 Å². The highest BCUT2D eigenvalue weighted by molar-refractivity contribution is 5.67. The van der Waals surface area contributed by atoms with Crippen molar-refractivity contribution in [2.24, 2.45) is 5.41 Å². The Morgan fingerprint density at radius 2 is 1.44 bits per heavy atom. The van der Waals surface area contributed by atoms with Crippen molar-refractivity contribution < 1.29 is 9.90 Å². The number of rotatable bonds is 10. The molecular formula is C14H28O2. The third-order valence-electron chi connectivity index (χ3n) is 3.43. The van der Waals surface area contributed by atoms with E-state index in [1.165, 1.54) is 0 Å². The second kappa shape index (κ2) is 8.60. The topological polar surface area (TPSA) is 37.3 Å². The molecule has 0 aliphatic rings. The molecule has 0 amide bonds. The molecule has 0 saturated heterocycles. The van der Waals surface area contributed by atoms with E-state index in [2.05, 4.69) is 20.8 Å². The summed E-state index contributed by atoms with van der Waals surface area (Å²) in [6.45, 7) is 6.52. The first-order chi connectivity index (χ1) is 7.60. The van der Waals surface area contributed by atoms with Crippen LogP contribution in [0.25, 0.3) is 0 Å². The fourth-order valence-corrected chi connectivity index (χ4v) is 2.59. The van der Waals surface area contributed by atoms with Crippen LogP contribution in [0.5, 0.6) is 0 Å². The Balaban J connectivity index is 4.51. The molecule has 0 aromatic rings. The molecule has 0 bridgehead atoms. The van der Waals surface area contributed by atoms with Gasteiger partial charge in [-0.1, -0.05) is 52.9 Å². The summed E-state index contributed by atoms with van der Waals surface area (Å²) in [5.74, 6) is -0.624. The normalized spacial score (nSPS) is 11.7. The largest absolute Gasteiger partial charge is 0.481 e. The van der Waals surface area contributed by atoms with Crippen LogP contribution in [0, 0.1) is 5.41 Å². The van der Waals surface area contributed by atoms with Crippen LogP contribution in [0.2, 0.25) is 0 Å². The van der Waals surface area contributed by atoms with Crippen molar-refractivity contribution in [2.45, 2.75) is 78.6 Å². The van der Waals surface area contributed by atoms with Crippen LogP contribution in [0.15, 0.2) is 0 Å². The summed E-state index contributed by atoms with van der Waals surface area (Å²) in [5.41, 5.74) is 0.0760. The Kier molecular flexibility index (Phi) is 8.32. The average Bonchev–Trinajstić information content (AvgIpc) is 2.23. The number of hydrogen-bond acceptors (Lipinski definition) is 1. The van der Waals surface area contributed by atoms with Crippen molar-refractivity contribution in [3.05, 3.63) is 0 Å². The molecular weight excluding hydrogens is 200 g/mol. The lowest BCUT2D eigenvalue weighted by molar-refractivity contribution is -0.140. The van der Waals surface area contributed by atoms with Crippen LogP contribution < -0.4 is 0 Å². The highest BCUT2D eigenvalue weighted by Crippen LogP contribution is 2.39. The molecule has 2 nitrogen and oxygen atoms in total. The molecule has 96 valence electrons. The molecule has 0 aromatic heterocycles.